The molecule has 0 aliphatic carbocycles. The van der Waals surface area contributed by atoms with Gasteiger partial charge in [0.15, 0.2) is 6.29 Å². The number of aliphatic hydroxyl groups excluding tert-OH is 1. The summed E-state index contributed by atoms with van der Waals surface area (Å²) in [5, 5.41) is 16.8. The highest BCUT2D eigenvalue weighted by Gasteiger charge is 2.18. The van der Waals surface area contributed by atoms with Crippen LogP contribution in [0.25, 0.3) is 49.0 Å². The van der Waals surface area contributed by atoms with E-state index in [0.717, 1.165) is 36.0 Å². The van der Waals surface area contributed by atoms with Crippen molar-refractivity contribution in [2.75, 3.05) is 26.4 Å². The summed E-state index contributed by atoms with van der Waals surface area (Å²) in [6, 6.07) is 31.8. The first-order valence-electron chi connectivity index (χ1n) is 16.0. The van der Waals surface area contributed by atoms with Gasteiger partial charge in [0.05, 0.1) is 43.1 Å². The Bertz CT molecular complexity index is 1950. The number of esters is 1. The van der Waals surface area contributed by atoms with E-state index in [4.69, 9.17) is 18.9 Å². The van der Waals surface area contributed by atoms with Gasteiger partial charge in [0.1, 0.15) is 11.5 Å². The van der Waals surface area contributed by atoms with E-state index in [9.17, 15) is 9.90 Å². The predicted molar refractivity (Wildman–Crippen MR) is 189 cm³/mol. The topological polar surface area (TPSA) is 79.2 Å². The van der Waals surface area contributed by atoms with Crippen LogP contribution >= 0.6 is 0 Å². The number of rotatable bonds is 16. The zero-order chi connectivity index (χ0) is 32.6. The van der Waals surface area contributed by atoms with Crippen molar-refractivity contribution in [2.45, 2.75) is 32.0 Å². The number of ether oxygens (including phenoxy) is 4. The molecule has 0 bridgehead atoms. The Morgan fingerprint density at radius 1 is 0.702 bits per heavy atom. The second kappa shape index (κ2) is 15.0. The third-order valence-corrected chi connectivity index (χ3v) is 8.18. The minimum absolute atomic E-state index is 0.319. The first kappa shape index (κ1) is 31.9. The van der Waals surface area contributed by atoms with E-state index in [2.05, 4.69) is 103 Å². The Kier molecular flexibility index (Phi) is 10.2. The van der Waals surface area contributed by atoms with E-state index >= 15 is 0 Å². The Labute approximate surface area is 274 Å². The number of benzene rings is 5. The summed E-state index contributed by atoms with van der Waals surface area (Å²) in [5.41, 5.74) is 3.13. The van der Waals surface area contributed by atoms with Crippen molar-refractivity contribution in [1.29, 1.82) is 0 Å². The Morgan fingerprint density at radius 3 is 1.79 bits per heavy atom. The first-order chi connectivity index (χ1) is 23.1. The maximum absolute atomic E-state index is 11.4. The van der Waals surface area contributed by atoms with Gasteiger partial charge in [-0.05, 0) is 65.4 Å². The molecule has 0 spiro atoms. The molecule has 5 aromatic carbocycles. The summed E-state index contributed by atoms with van der Waals surface area (Å²) in [5.74, 6) is 0.964. The molecule has 1 unspecified atom stereocenters. The zero-order valence-corrected chi connectivity index (χ0v) is 26.4. The molecule has 6 aromatic rings. The third kappa shape index (κ3) is 7.17. The summed E-state index contributed by atoms with van der Waals surface area (Å²) in [6.07, 6.45) is 4.45. The smallest absolute Gasteiger partial charge is 0.330 e. The molecule has 0 saturated carbocycles. The van der Waals surface area contributed by atoms with E-state index in [1.165, 1.54) is 44.5 Å². The number of hydrogen-bond acceptors (Lipinski definition) is 6. The molecular weight excluding hydrogens is 590 g/mol. The number of carbonyl (C=O) groups excluding carboxylic acids is 1. The van der Waals surface area contributed by atoms with Gasteiger partial charge in [0, 0.05) is 35.0 Å². The van der Waals surface area contributed by atoms with Gasteiger partial charge >= 0.3 is 5.97 Å². The van der Waals surface area contributed by atoms with E-state index in [0.29, 0.717) is 44.3 Å². The van der Waals surface area contributed by atoms with Crippen LogP contribution in [-0.4, -0.2) is 48.4 Å². The molecule has 1 aromatic heterocycles. The van der Waals surface area contributed by atoms with E-state index in [1.807, 2.05) is 6.07 Å². The molecule has 0 radical (unpaired) electrons. The number of aromatic nitrogens is 1. The van der Waals surface area contributed by atoms with Gasteiger partial charge < -0.3 is 28.6 Å². The SMILES string of the molecule is C=CC(=O)OCCCCOc1cc(OCCCCOC(O)C=C)cc(-n2c3ccc4ccccc4c3c3c4ccccc4ccc32)c1. The van der Waals surface area contributed by atoms with Gasteiger partial charge in [-0.25, -0.2) is 4.79 Å². The van der Waals surface area contributed by atoms with Crippen LogP contribution in [0.1, 0.15) is 25.7 Å². The molecule has 7 heteroatoms. The standard InChI is InChI=1S/C40H39NO6/c1-3-37(42)46-23-11-9-21-44-31-25-30(26-32(27-31)45-22-10-12-24-47-38(43)4-2)41-35-19-17-28-13-5-7-15-33(28)39(35)40-34-16-8-6-14-29(34)18-20-36(40)41/h3-8,13-20,25-27,37,42H,1-2,9-12,21-24H2. The molecule has 0 aliphatic heterocycles. The molecule has 1 atom stereocenters. The minimum atomic E-state index is -0.957. The molecule has 7 nitrogen and oxygen atoms in total. The maximum Gasteiger partial charge on any atom is 0.330 e. The molecule has 0 saturated heterocycles. The molecule has 47 heavy (non-hydrogen) atoms. The number of unbranched alkanes of at least 4 members (excludes halogenated alkanes) is 2. The van der Waals surface area contributed by atoms with Crippen molar-refractivity contribution in [3.8, 4) is 17.2 Å². The Hall–Kier alpha value is -5.11. The quantitative estimate of drug-likeness (QED) is 0.0380. The molecule has 0 aliphatic rings. The van der Waals surface area contributed by atoms with E-state index in [-0.39, 0.29) is 0 Å². The highest BCUT2D eigenvalue weighted by atomic mass is 16.6. The van der Waals surface area contributed by atoms with Crippen LogP contribution in [-0.2, 0) is 14.3 Å². The van der Waals surface area contributed by atoms with Crippen molar-refractivity contribution < 1.29 is 28.8 Å². The zero-order valence-electron chi connectivity index (χ0n) is 26.4. The number of aliphatic hydroxyl groups is 1. The van der Waals surface area contributed by atoms with Crippen molar-refractivity contribution in [3.05, 3.63) is 116 Å². The number of hydrogen-bond donors (Lipinski definition) is 1. The third-order valence-electron chi connectivity index (χ3n) is 8.18. The van der Waals surface area contributed by atoms with E-state index in [1.54, 1.807) is 0 Å². The average molecular weight is 630 g/mol. The fourth-order valence-corrected chi connectivity index (χ4v) is 5.97. The van der Waals surface area contributed by atoms with Crippen LogP contribution in [0, 0.1) is 0 Å². The normalized spacial score (nSPS) is 12.0. The summed E-state index contributed by atoms with van der Waals surface area (Å²) in [6.45, 7) is 8.63. The lowest BCUT2D eigenvalue weighted by Gasteiger charge is -2.15. The molecule has 0 amide bonds. The van der Waals surface area contributed by atoms with Crippen LogP contribution in [0.5, 0.6) is 11.5 Å². The van der Waals surface area contributed by atoms with Gasteiger partial charge in [0.25, 0.3) is 0 Å². The summed E-state index contributed by atoms with van der Waals surface area (Å²) in [7, 11) is 0. The lowest BCUT2D eigenvalue weighted by Crippen LogP contribution is -2.09. The van der Waals surface area contributed by atoms with Crippen molar-refractivity contribution in [1.82, 2.24) is 4.57 Å². The number of carbonyl (C=O) groups is 1. The Morgan fingerprint density at radius 2 is 1.23 bits per heavy atom. The second-order valence-corrected chi connectivity index (χ2v) is 11.3. The van der Waals surface area contributed by atoms with Crippen LogP contribution in [0.4, 0.5) is 0 Å². The predicted octanol–water partition coefficient (Wildman–Crippen LogP) is 8.66. The van der Waals surface area contributed by atoms with Crippen LogP contribution < -0.4 is 9.47 Å². The van der Waals surface area contributed by atoms with Crippen LogP contribution in [0.15, 0.2) is 116 Å². The van der Waals surface area contributed by atoms with Gasteiger partial charge in [-0.1, -0.05) is 73.8 Å². The summed E-state index contributed by atoms with van der Waals surface area (Å²) in [4.78, 5) is 11.4. The molecular formula is C40H39NO6. The fraction of sp³-hybridized carbons (Fsp3) is 0.225. The largest absolute Gasteiger partial charge is 0.493 e. The van der Waals surface area contributed by atoms with Crippen molar-refractivity contribution >= 4 is 49.3 Å². The number of fused-ring (bicyclic) bond motifs is 7. The van der Waals surface area contributed by atoms with Gasteiger partial charge in [-0.3, -0.25) is 0 Å². The molecule has 6 rings (SSSR count). The van der Waals surface area contributed by atoms with Gasteiger partial charge in [-0.15, -0.1) is 0 Å². The lowest BCUT2D eigenvalue weighted by molar-refractivity contribution is -0.137. The van der Waals surface area contributed by atoms with Crippen molar-refractivity contribution in [3.63, 3.8) is 0 Å². The van der Waals surface area contributed by atoms with Crippen LogP contribution in [0.3, 0.4) is 0 Å². The molecule has 1 N–H and O–H groups in total. The average Bonchev–Trinajstić information content (AvgIpc) is 3.46. The van der Waals surface area contributed by atoms with Crippen LogP contribution in [0.2, 0.25) is 0 Å². The molecule has 1 heterocycles. The van der Waals surface area contributed by atoms with Gasteiger partial charge in [0.2, 0.25) is 0 Å². The van der Waals surface area contributed by atoms with E-state index < -0.39 is 12.3 Å². The Balaban J connectivity index is 1.37. The minimum Gasteiger partial charge on any atom is -0.493 e. The molecule has 0 fully saturated rings. The molecule has 240 valence electrons. The number of nitrogens with zero attached hydrogens (tertiary/aromatic N) is 1. The highest BCUT2D eigenvalue weighted by Crippen LogP contribution is 2.41. The monoisotopic (exact) mass is 629 g/mol. The second-order valence-electron chi connectivity index (χ2n) is 11.3. The summed E-state index contributed by atoms with van der Waals surface area (Å²) < 4.78 is 25.2. The first-order valence-corrected chi connectivity index (χ1v) is 16.0. The van der Waals surface area contributed by atoms with Gasteiger partial charge in [-0.2, -0.15) is 0 Å². The maximum atomic E-state index is 11.4. The highest BCUT2D eigenvalue weighted by molar-refractivity contribution is 6.28. The van der Waals surface area contributed by atoms with Crippen molar-refractivity contribution in [2.24, 2.45) is 0 Å². The lowest BCUT2D eigenvalue weighted by atomic mass is 10.00. The summed E-state index contributed by atoms with van der Waals surface area (Å²) >= 11 is 0. The fourth-order valence-electron chi connectivity index (χ4n) is 5.97.